The van der Waals surface area contributed by atoms with Crippen LogP contribution in [0, 0.1) is 18.6 Å². The number of hydrogen-bond donors (Lipinski definition) is 2. The minimum Gasteiger partial charge on any atom is -0.454 e. The molecule has 18 heteroatoms. The summed E-state index contributed by atoms with van der Waals surface area (Å²) in [6, 6.07) is 16.1. The van der Waals surface area contributed by atoms with Gasteiger partial charge in [-0.1, -0.05) is 19.1 Å². The van der Waals surface area contributed by atoms with E-state index in [4.69, 9.17) is 9.47 Å². The quantitative estimate of drug-likeness (QED) is 0.158. The van der Waals surface area contributed by atoms with Crippen LogP contribution in [0.2, 0.25) is 0 Å². The lowest BCUT2D eigenvalue weighted by Crippen LogP contribution is -2.15. The summed E-state index contributed by atoms with van der Waals surface area (Å²) in [4.78, 5) is 41.7. The molecule has 0 unspecified atom stereocenters. The summed E-state index contributed by atoms with van der Waals surface area (Å²) in [5.74, 6) is -0.0250. The van der Waals surface area contributed by atoms with Gasteiger partial charge in [0.05, 0.1) is 48.3 Å². The van der Waals surface area contributed by atoms with Crippen molar-refractivity contribution in [2.75, 3.05) is 10.6 Å². The fourth-order valence-electron chi connectivity index (χ4n) is 5.16. The van der Waals surface area contributed by atoms with Crippen LogP contribution in [0.15, 0.2) is 110 Å². The summed E-state index contributed by atoms with van der Waals surface area (Å²) >= 11 is 0. The topological polar surface area (TPSA) is 189 Å². The zero-order valence-electron chi connectivity index (χ0n) is 29.0. The van der Waals surface area contributed by atoms with E-state index in [1.807, 2.05) is 32.0 Å². The number of carbonyl (C=O) groups is 2. The first-order chi connectivity index (χ1) is 26.7. The molecular weight excluding hydrogens is 714 g/mol. The summed E-state index contributed by atoms with van der Waals surface area (Å²) in [5.41, 5.74) is 2.82. The molecule has 8 rings (SSSR count). The van der Waals surface area contributed by atoms with E-state index in [1.54, 1.807) is 39.4 Å². The molecule has 2 N–H and O–H groups in total. The van der Waals surface area contributed by atoms with E-state index in [-0.39, 0.29) is 25.5 Å². The maximum Gasteiger partial charge on any atom is 0.260 e. The van der Waals surface area contributed by atoms with Crippen LogP contribution in [0.1, 0.15) is 41.9 Å². The van der Waals surface area contributed by atoms with Crippen molar-refractivity contribution in [1.29, 1.82) is 0 Å². The van der Waals surface area contributed by atoms with Crippen molar-refractivity contribution in [3.05, 3.63) is 145 Å². The lowest BCUT2D eigenvalue weighted by atomic mass is 10.2. The predicted molar refractivity (Wildman–Crippen MR) is 197 cm³/mol. The molecule has 0 atom stereocenters. The van der Waals surface area contributed by atoms with Crippen LogP contribution < -0.4 is 20.1 Å². The standard InChI is InChI=1S/C19H15FN6O2.C18H13FN6O2.2H2/c1-2-13-4-3-5-17(23-13)24-19(27)16-7-15(10-26-11-22-25-18(16)26)28-14-6-12(20)8-21-9-14;1-11-3-2-4-16(22-11)23-18(26)15-6-14(9-25-10-21-24-17(15)25)27-13-5-12(19)7-20-8-13;;/h3-11H,2H2,1H3,(H,23,24,27);2-10H,1H3,(H,22,23,26);2*1H. The summed E-state index contributed by atoms with van der Waals surface area (Å²) < 4.78 is 41.0. The number of carbonyl (C=O) groups excluding carboxylic acids is 2. The SMILES string of the molecule is CCc1cccc(NC(=O)c2cc(Oc3cncc(F)c3)cn3cnnc23)n1.Cc1cccc(NC(=O)c2cc(Oc3cncc(F)c3)cn3cnnc23)n1.[HH].[HH]. The van der Waals surface area contributed by atoms with Crippen LogP contribution in [0.4, 0.5) is 20.4 Å². The zero-order chi connectivity index (χ0) is 38.3. The van der Waals surface area contributed by atoms with Crippen molar-refractivity contribution in [2.45, 2.75) is 20.3 Å². The lowest BCUT2D eigenvalue weighted by molar-refractivity contribution is 0.101. The fraction of sp³-hybridized carbons (Fsp3) is 0.0811. The van der Waals surface area contributed by atoms with E-state index in [2.05, 4.69) is 51.0 Å². The third-order valence-electron chi connectivity index (χ3n) is 7.59. The number of halogens is 2. The van der Waals surface area contributed by atoms with Crippen LogP contribution in [-0.4, -0.2) is 60.9 Å². The number of aryl methyl sites for hydroxylation is 2. The zero-order valence-corrected chi connectivity index (χ0v) is 29.0. The molecule has 0 radical (unpaired) electrons. The Bertz CT molecular complexity index is 2680. The van der Waals surface area contributed by atoms with Crippen molar-refractivity contribution in [3.8, 4) is 23.0 Å². The highest BCUT2D eigenvalue weighted by atomic mass is 19.1. The Hall–Kier alpha value is -7.76. The van der Waals surface area contributed by atoms with Crippen molar-refractivity contribution < 1.29 is 30.7 Å². The molecule has 0 bridgehead atoms. The average Bonchev–Trinajstić information content (AvgIpc) is 3.85. The summed E-state index contributed by atoms with van der Waals surface area (Å²) in [6.45, 7) is 3.81. The van der Waals surface area contributed by atoms with Gasteiger partial charge in [-0.05, 0) is 49.7 Å². The number of fused-ring (bicyclic) bond motifs is 2. The molecule has 8 heterocycles. The third kappa shape index (κ3) is 8.66. The highest BCUT2D eigenvalue weighted by Gasteiger charge is 2.18. The summed E-state index contributed by atoms with van der Waals surface area (Å²) in [7, 11) is 0. The highest BCUT2D eigenvalue weighted by Crippen LogP contribution is 2.26. The molecule has 0 fully saturated rings. The van der Waals surface area contributed by atoms with Gasteiger partial charge >= 0.3 is 0 Å². The van der Waals surface area contributed by atoms with E-state index in [0.717, 1.165) is 30.2 Å². The molecule has 0 aliphatic carbocycles. The van der Waals surface area contributed by atoms with Gasteiger partial charge in [0.2, 0.25) is 0 Å². The number of nitrogens with zero attached hydrogens (tertiary/aromatic N) is 10. The molecular formula is C37H32F2N12O4. The van der Waals surface area contributed by atoms with Gasteiger partial charge in [0.15, 0.2) is 11.3 Å². The van der Waals surface area contributed by atoms with Crippen molar-refractivity contribution in [1.82, 2.24) is 49.1 Å². The fourth-order valence-corrected chi connectivity index (χ4v) is 5.16. The first kappa shape index (κ1) is 35.6. The summed E-state index contributed by atoms with van der Waals surface area (Å²) in [6.07, 6.45) is 11.7. The van der Waals surface area contributed by atoms with E-state index < -0.39 is 23.4 Å². The van der Waals surface area contributed by atoms with Gasteiger partial charge in [-0.15, -0.1) is 20.4 Å². The number of rotatable bonds is 9. The van der Waals surface area contributed by atoms with Crippen LogP contribution in [0.25, 0.3) is 11.3 Å². The molecule has 55 heavy (non-hydrogen) atoms. The van der Waals surface area contributed by atoms with Crippen LogP contribution in [0.5, 0.6) is 23.0 Å². The second-order valence-corrected chi connectivity index (χ2v) is 11.6. The minimum absolute atomic E-state index is 0. The number of pyridine rings is 6. The Kier molecular flexibility index (Phi) is 10.3. The Balaban J connectivity index is 0.000000210. The Morgan fingerprint density at radius 2 is 1.20 bits per heavy atom. The van der Waals surface area contributed by atoms with E-state index in [1.165, 1.54) is 49.3 Å². The molecule has 0 aromatic carbocycles. The van der Waals surface area contributed by atoms with Gasteiger partial charge in [0.1, 0.15) is 58.9 Å². The molecule has 278 valence electrons. The molecule has 0 aliphatic rings. The second kappa shape index (κ2) is 15.9. The number of aromatic nitrogens is 10. The van der Waals surface area contributed by atoms with Crippen molar-refractivity contribution in [3.63, 3.8) is 0 Å². The molecule has 0 saturated carbocycles. The van der Waals surface area contributed by atoms with E-state index in [9.17, 15) is 18.4 Å². The monoisotopic (exact) mass is 746 g/mol. The van der Waals surface area contributed by atoms with Crippen LogP contribution >= 0.6 is 0 Å². The van der Waals surface area contributed by atoms with E-state index in [0.29, 0.717) is 34.4 Å². The number of nitrogens with one attached hydrogen (secondary N) is 2. The van der Waals surface area contributed by atoms with Gasteiger partial charge in [-0.3, -0.25) is 28.4 Å². The van der Waals surface area contributed by atoms with Crippen molar-refractivity contribution in [2.24, 2.45) is 0 Å². The van der Waals surface area contributed by atoms with Gasteiger partial charge in [-0.25, -0.2) is 18.7 Å². The van der Waals surface area contributed by atoms with Gasteiger partial charge in [-0.2, -0.15) is 0 Å². The number of ether oxygens (including phenoxy) is 2. The Morgan fingerprint density at radius 1 is 0.691 bits per heavy atom. The summed E-state index contributed by atoms with van der Waals surface area (Å²) in [5, 5.41) is 21.1. The van der Waals surface area contributed by atoms with Crippen LogP contribution in [-0.2, 0) is 6.42 Å². The Labute approximate surface area is 312 Å². The molecule has 0 saturated heterocycles. The van der Waals surface area contributed by atoms with Gasteiger partial charge in [0, 0.05) is 26.4 Å². The number of amides is 2. The minimum atomic E-state index is -0.527. The maximum absolute atomic E-state index is 13.3. The molecule has 0 spiro atoms. The van der Waals surface area contributed by atoms with Gasteiger partial charge in [0.25, 0.3) is 11.8 Å². The lowest BCUT2D eigenvalue weighted by Gasteiger charge is -2.10. The molecule has 16 nitrogen and oxygen atoms in total. The van der Waals surface area contributed by atoms with Crippen LogP contribution in [0.3, 0.4) is 0 Å². The molecule has 0 aliphatic heterocycles. The molecule has 2 amide bonds. The average molecular weight is 747 g/mol. The Morgan fingerprint density at radius 3 is 1.69 bits per heavy atom. The maximum atomic E-state index is 13.3. The third-order valence-corrected chi connectivity index (χ3v) is 7.59. The van der Waals surface area contributed by atoms with Gasteiger partial charge < -0.3 is 20.1 Å². The van der Waals surface area contributed by atoms with E-state index >= 15 is 0 Å². The second-order valence-electron chi connectivity index (χ2n) is 11.6. The number of anilines is 2. The predicted octanol–water partition coefficient (Wildman–Crippen LogP) is 6.77. The highest BCUT2D eigenvalue weighted by molar-refractivity contribution is 6.08. The van der Waals surface area contributed by atoms with Crippen molar-refractivity contribution >= 4 is 34.7 Å². The first-order valence-corrected chi connectivity index (χ1v) is 16.5. The molecule has 8 aromatic heterocycles. The molecule has 8 aromatic rings. The first-order valence-electron chi connectivity index (χ1n) is 16.5. The largest absolute Gasteiger partial charge is 0.454 e. The number of hydrogen-bond acceptors (Lipinski definition) is 12. The smallest absolute Gasteiger partial charge is 0.260 e. The normalized spacial score (nSPS) is 10.8.